The molecule has 0 radical (unpaired) electrons. The van der Waals surface area contributed by atoms with Crippen molar-refractivity contribution < 1.29 is 9.53 Å². The van der Waals surface area contributed by atoms with Gasteiger partial charge in [-0.1, -0.05) is 24.3 Å². The van der Waals surface area contributed by atoms with Gasteiger partial charge in [0.25, 0.3) is 0 Å². The molecule has 0 aliphatic heterocycles. The van der Waals surface area contributed by atoms with Crippen molar-refractivity contribution in [1.82, 2.24) is 5.32 Å². The van der Waals surface area contributed by atoms with Crippen LogP contribution in [0.3, 0.4) is 0 Å². The van der Waals surface area contributed by atoms with Crippen molar-refractivity contribution in [2.75, 3.05) is 19.5 Å². The van der Waals surface area contributed by atoms with Crippen LogP contribution >= 0.6 is 0 Å². The van der Waals surface area contributed by atoms with Crippen molar-refractivity contribution in [2.24, 2.45) is 0 Å². The van der Waals surface area contributed by atoms with Gasteiger partial charge in [0, 0.05) is 12.2 Å². The Morgan fingerprint density at radius 2 is 1.86 bits per heavy atom. The molecule has 0 heterocycles. The minimum absolute atomic E-state index is 0.0374. The lowest BCUT2D eigenvalue weighted by Crippen LogP contribution is -2.14. The molecule has 4 nitrogen and oxygen atoms in total. The summed E-state index contributed by atoms with van der Waals surface area (Å²) in [4.78, 5) is 12.0. The molecule has 1 amide bonds. The van der Waals surface area contributed by atoms with Crippen molar-refractivity contribution >= 4 is 11.6 Å². The van der Waals surface area contributed by atoms with Gasteiger partial charge in [-0.15, -0.1) is 0 Å². The maximum atomic E-state index is 12.0. The van der Waals surface area contributed by atoms with Crippen LogP contribution in [0.1, 0.15) is 11.1 Å². The number of hydrogen-bond donors (Lipinski definition) is 2. The molecular weight excluding hydrogens is 264 g/mol. The first-order chi connectivity index (χ1) is 10.2. The third-order valence-electron chi connectivity index (χ3n) is 3.12. The summed E-state index contributed by atoms with van der Waals surface area (Å²) in [5.74, 6) is 0.723. The molecule has 0 bridgehead atoms. The Labute approximate surface area is 125 Å². The van der Waals surface area contributed by atoms with Gasteiger partial charge in [0.2, 0.25) is 5.91 Å². The van der Waals surface area contributed by atoms with E-state index in [1.165, 1.54) is 5.56 Å². The van der Waals surface area contributed by atoms with Crippen LogP contribution in [0.25, 0.3) is 0 Å². The lowest BCUT2D eigenvalue weighted by Gasteiger charge is -2.07. The summed E-state index contributed by atoms with van der Waals surface area (Å²) in [6.45, 7) is 0.817. The Bertz CT molecular complexity index is 594. The Morgan fingerprint density at radius 3 is 2.52 bits per heavy atom. The summed E-state index contributed by atoms with van der Waals surface area (Å²) >= 11 is 0. The summed E-state index contributed by atoms with van der Waals surface area (Å²) in [5.41, 5.74) is 2.92. The Kier molecular flexibility index (Phi) is 5.35. The number of carbonyl (C=O) groups is 1. The highest BCUT2D eigenvalue weighted by Gasteiger charge is 2.05. The highest BCUT2D eigenvalue weighted by atomic mass is 16.5. The average molecular weight is 284 g/mol. The number of benzene rings is 2. The first-order valence-corrected chi connectivity index (χ1v) is 6.87. The number of amides is 1. The Morgan fingerprint density at radius 1 is 1.10 bits per heavy atom. The number of rotatable bonds is 6. The van der Waals surface area contributed by atoms with E-state index in [0.717, 1.165) is 23.5 Å². The zero-order valence-corrected chi connectivity index (χ0v) is 12.3. The topological polar surface area (TPSA) is 50.4 Å². The number of hydrogen-bond acceptors (Lipinski definition) is 3. The van der Waals surface area contributed by atoms with Crippen LogP contribution in [0.15, 0.2) is 48.5 Å². The number of methoxy groups -OCH3 is 1. The molecule has 0 unspecified atom stereocenters. The molecule has 4 heteroatoms. The molecule has 2 aromatic carbocycles. The van der Waals surface area contributed by atoms with Crippen molar-refractivity contribution in [1.29, 1.82) is 0 Å². The van der Waals surface area contributed by atoms with Crippen LogP contribution in [0, 0.1) is 0 Å². The van der Waals surface area contributed by atoms with Crippen LogP contribution in [0.5, 0.6) is 5.75 Å². The third kappa shape index (κ3) is 4.61. The van der Waals surface area contributed by atoms with E-state index in [-0.39, 0.29) is 5.91 Å². The molecule has 0 saturated heterocycles. The first-order valence-electron chi connectivity index (χ1n) is 6.87. The molecule has 2 rings (SSSR count). The van der Waals surface area contributed by atoms with E-state index in [2.05, 4.69) is 10.6 Å². The maximum absolute atomic E-state index is 12.0. The minimum Gasteiger partial charge on any atom is -0.497 e. The van der Waals surface area contributed by atoms with Gasteiger partial charge >= 0.3 is 0 Å². The van der Waals surface area contributed by atoms with Crippen LogP contribution < -0.4 is 15.4 Å². The van der Waals surface area contributed by atoms with Crippen molar-refractivity contribution in [2.45, 2.75) is 13.0 Å². The number of ether oxygens (including phenoxy) is 1. The van der Waals surface area contributed by atoms with Gasteiger partial charge in [-0.25, -0.2) is 0 Å². The van der Waals surface area contributed by atoms with Crippen LogP contribution in [0.2, 0.25) is 0 Å². The fourth-order valence-corrected chi connectivity index (χ4v) is 2.08. The van der Waals surface area contributed by atoms with Gasteiger partial charge in [0.05, 0.1) is 13.5 Å². The summed E-state index contributed by atoms with van der Waals surface area (Å²) in [6.07, 6.45) is 0.329. The molecule has 0 aliphatic rings. The second-order valence-electron chi connectivity index (χ2n) is 4.80. The molecule has 21 heavy (non-hydrogen) atoms. The second-order valence-corrected chi connectivity index (χ2v) is 4.80. The van der Waals surface area contributed by atoms with Crippen LogP contribution in [-0.2, 0) is 17.8 Å². The van der Waals surface area contributed by atoms with E-state index >= 15 is 0 Å². The molecular formula is C17H20N2O2. The smallest absolute Gasteiger partial charge is 0.228 e. The van der Waals surface area contributed by atoms with Gasteiger partial charge < -0.3 is 15.4 Å². The number of nitrogens with one attached hydrogen (secondary N) is 2. The lowest BCUT2D eigenvalue weighted by molar-refractivity contribution is -0.115. The van der Waals surface area contributed by atoms with E-state index in [0.29, 0.717) is 6.42 Å². The quantitative estimate of drug-likeness (QED) is 0.857. The Hall–Kier alpha value is -2.33. The third-order valence-corrected chi connectivity index (χ3v) is 3.12. The average Bonchev–Trinajstić information content (AvgIpc) is 2.49. The number of carbonyl (C=O) groups excluding carboxylic acids is 1. The molecule has 0 atom stereocenters. The predicted octanol–water partition coefficient (Wildman–Crippen LogP) is 2.60. The van der Waals surface area contributed by atoms with Gasteiger partial charge in [0.15, 0.2) is 0 Å². The van der Waals surface area contributed by atoms with Gasteiger partial charge in [-0.2, -0.15) is 0 Å². The fraction of sp³-hybridized carbons (Fsp3) is 0.235. The maximum Gasteiger partial charge on any atom is 0.228 e. The zero-order chi connectivity index (χ0) is 15.1. The van der Waals surface area contributed by atoms with E-state index in [9.17, 15) is 4.79 Å². The molecule has 2 aromatic rings. The standard InChI is InChI=1S/C17H20N2O2/c1-18-12-13-6-8-15(9-7-13)19-17(20)11-14-4-3-5-16(10-14)21-2/h3-10,18H,11-12H2,1-2H3,(H,19,20). The van der Waals surface area contributed by atoms with E-state index in [1.54, 1.807) is 7.11 Å². The highest BCUT2D eigenvalue weighted by Crippen LogP contribution is 2.14. The highest BCUT2D eigenvalue weighted by molar-refractivity contribution is 5.92. The largest absolute Gasteiger partial charge is 0.497 e. The molecule has 0 aliphatic carbocycles. The van der Waals surface area contributed by atoms with Crippen molar-refractivity contribution in [3.63, 3.8) is 0 Å². The molecule has 110 valence electrons. The first kappa shape index (κ1) is 15.1. The van der Waals surface area contributed by atoms with Gasteiger partial charge in [-0.05, 0) is 42.4 Å². The SMILES string of the molecule is CNCc1ccc(NC(=O)Cc2cccc(OC)c2)cc1. The van der Waals surface area contributed by atoms with Crippen molar-refractivity contribution in [3.8, 4) is 5.75 Å². The second kappa shape index (κ2) is 7.45. The van der Waals surface area contributed by atoms with Crippen molar-refractivity contribution in [3.05, 3.63) is 59.7 Å². The molecule has 0 spiro atoms. The summed E-state index contributed by atoms with van der Waals surface area (Å²) < 4.78 is 5.15. The Balaban J connectivity index is 1.94. The van der Waals surface area contributed by atoms with E-state index in [4.69, 9.17) is 4.74 Å². The summed E-state index contributed by atoms with van der Waals surface area (Å²) in [6, 6.07) is 15.4. The van der Waals surface area contributed by atoms with E-state index < -0.39 is 0 Å². The normalized spacial score (nSPS) is 10.2. The van der Waals surface area contributed by atoms with Gasteiger partial charge in [-0.3, -0.25) is 4.79 Å². The molecule has 0 aromatic heterocycles. The molecule has 0 fully saturated rings. The van der Waals surface area contributed by atoms with Crippen LogP contribution in [0.4, 0.5) is 5.69 Å². The van der Waals surface area contributed by atoms with E-state index in [1.807, 2.05) is 55.6 Å². The monoisotopic (exact) mass is 284 g/mol. The number of anilines is 1. The molecule has 0 saturated carbocycles. The van der Waals surface area contributed by atoms with Crippen LogP contribution in [-0.4, -0.2) is 20.1 Å². The predicted molar refractivity (Wildman–Crippen MR) is 84.5 cm³/mol. The minimum atomic E-state index is -0.0374. The lowest BCUT2D eigenvalue weighted by atomic mass is 10.1. The van der Waals surface area contributed by atoms with Gasteiger partial charge in [0.1, 0.15) is 5.75 Å². The molecule has 2 N–H and O–H groups in total. The summed E-state index contributed by atoms with van der Waals surface area (Å²) in [5, 5.41) is 5.99. The fourth-order valence-electron chi connectivity index (χ4n) is 2.08. The summed E-state index contributed by atoms with van der Waals surface area (Å²) in [7, 11) is 3.52. The zero-order valence-electron chi connectivity index (χ0n) is 12.3.